The van der Waals surface area contributed by atoms with Crippen LogP contribution >= 0.6 is 0 Å². The molecule has 0 aliphatic carbocycles. The van der Waals surface area contributed by atoms with Crippen LogP contribution in [0.3, 0.4) is 0 Å². The lowest BCUT2D eigenvalue weighted by molar-refractivity contribution is 0.628. The number of nitrogens with zero attached hydrogens (tertiary/aromatic N) is 1. The van der Waals surface area contributed by atoms with Crippen LogP contribution in [0.2, 0.25) is 0 Å². The predicted octanol–water partition coefficient (Wildman–Crippen LogP) is 2.31. The maximum absolute atomic E-state index is 13.7. The zero-order valence-corrected chi connectivity index (χ0v) is 8.63. The first-order chi connectivity index (χ1) is 7.15. The minimum absolute atomic E-state index is 0.288. The number of rotatable bonds is 1. The highest BCUT2D eigenvalue weighted by Crippen LogP contribution is 2.29. The minimum Gasteiger partial charge on any atom is -0.396 e. The molecule has 0 saturated heterocycles. The molecule has 0 radical (unpaired) electrons. The lowest BCUT2D eigenvalue weighted by Gasteiger charge is -2.09. The van der Waals surface area contributed by atoms with Crippen LogP contribution in [0.15, 0.2) is 18.3 Å². The molecule has 2 rings (SSSR count). The van der Waals surface area contributed by atoms with Crippen molar-refractivity contribution in [3.63, 3.8) is 0 Å². The SMILES string of the molecule is CNc1c(N)cnc2c(F)c(C)ccc12. The number of hydrogen-bond acceptors (Lipinski definition) is 3. The third kappa shape index (κ3) is 1.38. The van der Waals surface area contributed by atoms with Crippen molar-refractivity contribution in [1.29, 1.82) is 0 Å². The monoisotopic (exact) mass is 205 g/mol. The number of pyridine rings is 1. The van der Waals surface area contributed by atoms with Crippen molar-refractivity contribution < 1.29 is 4.39 Å². The van der Waals surface area contributed by atoms with Gasteiger partial charge in [-0.1, -0.05) is 12.1 Å². The molecule has 0 unspecified atom stereocenters. The second kappa shape index (κ2) is 3.38. The highest BCUT2D eigenvalue weighted by molar-refractivity contribution is 5.97. The molecule has 0 saturated carbocycles. The maximum atomic E-state index is 13.7. The highest BCUT2D eigenvalue weighted by Gasteiger charge is 2.10. The summed E-state index contributed by atoms with van der Waals surface area (Å²) in [5, 5.41) is 3.66. The third-order valence-electron chi connectivity index (χ3n) is 2.45. The molecule has 1 aromatic heterocycles. The Morgan fingerprint density at radius 1 is 1.40 bits per heavy atom. The van der Waals surface area contributed by atoms with E-state index in [1.54, 1.807) is 20.0 Å². The number of aromatic nitrogens is 1. The van der Waals surface area contributed by atoms with E-state index in [4.69, 9.17) is 5.73 Å². The molecule has 0 aliphatic rings. The van der Waals surface area contributed by atoms with Gasteiger partial charge in [0, 0.05) is 12.4 Å². The summed E-state index contributed by atoms with van der Waals surface area (Å²) in [5.41, 5.74) is 7.92. The van der Waals surface area contributed by atoms with E-state index in [0.29, 0.717) is 22.2 Å². The van der Waals surface area contributed by atoms with Crippen molar-refractivity contribution in [3.05, 3.63) is 29.7 Å². The normalized spacial score (nSPS) is 10.6. The standard InChI is InChI=1S/C11H12FN3/c1-6-3-4-7-10(14-2)8(13)5-15-11(7)9(6)12/h3-5H,13H2,1-2H3,(H,14,15). The lowest BCUT2D eigenvalue weighted by atomic mass is 10.1. The van der Waals surface area contributed by atoms with Crippen LogP contribution in [0.5, 0.6) is 0 Å². The molecule has 3 N–H and O–H groups in total. The fourth-order valence-corrected chi connectivity index (χ4v) is 1.63. The van der Waals surface area contributed by atoms with Gasteiger partial charge in [0.1, 0.15) is 5.52 Å². The molecule has 15 heavy (non-hydrogen) atoms. The summed E-state index contributed by atoms with van der Waals surface area (Å²) in [7, 11) is 1.75. The van der Waals surface area contributed by atoms with Gasteiger partial charge in [-0.2, -0.15) is 0 Å². The van der Waals surface area contributed by atoms with Crippen LogP contribution in [-0.4, -0.2) is 12.0 Å². The summed E-state index contributed by atoms with van der Waals surface area (Å²) in [5.74, 6) is -0.288. The Hall–Kier alpha value is -1.84. The third-order valence-corrected chi connectivity index (χ3v) is 2.45. The molecule has 0 fully saturated rings. The van der Waals surface area contributed by atoms with Crippen molar-refractivity contribution >= 4 is 22.3 Å². The van der Waals surface area contributed by atoms with Crippen molar-refractivity contribution in [1.82, 2.24) is 4.98 Å². The largest absolute Gasteiger partial charge is 0.396 e. The maximum Gasteiger partial charge on any atom is 0.152 e. The predicted molar refractivity (Wildman–Crippen MR) is 60.4 cm³/mol. The van der Waals surface area contributed by atoms with E-state index in [-0.39, 0.29) is 5.82 Å². The second-order valence-corrected chi connectivity index (χ2v) is 3.43. The molecule has 0 aliphatic heterocycles. The number of fused-ring (bicyclic) bond motifs is 1. The molecule has 3 nitrogen and oxygen atoms in total. The number of nitrogens with two attached hydrogens (primary N) is 1. The molecule has 0 amide bonds. The number of benzene rings is 1. The molecule has 1 heterocycles. The first kappa shape index (κ1) is 9.71. The van der Waals surface area contributed by atoms with E-state index in [1.807, 2.05) is 6.07 Å². The summed E-state index contributed by atoms with van der Waals surface area (Å²) in [6.45, 7) is 1.71. The molecular weight excluding hydrogens is 193 g/mol. The topological polar surface area (TPSA) is 50.9 Å². The van der Waals surface area contributed by atoms with Crippen LogP contribution in [0, 0.1) is 12.7 Å². The molecule has 0 bridgehead atoms. The van der Waals surface area contributed by atoms with Crippen LogP contribution in [0.25, 0.3) is 10.9 Å². The van der Waals surface area contributed by atoms with Gasteiger partial charge in [-0.3, -0.25) is 4.98 Å². The number of nitrogens with one attached hydrogen (secondary N) is 1. The quantitative estimate of drug-likeness (QED) is 0.751. The second-order valence-electron chi connectivity index (χ2n) is 3.43. The van der Waals surface area contributed by atoms with E-state index in [2.05, 4.69) is 10.3 Å². The highest BCUT2D eigenvalue weighted by atomic mass is 19.1. The zero-order valence-electron chi connectivity index (χ0n) is 8.63. The molecule has 4 heteroatoms. The van der Waals surface area contributed by atoms with Crippen LogP contribution in [-0.2, 0) is 0 Å². The van der Waals surface area contributed by atoms with Crippen LogP contribution in [0.1, 0.15) is 5.56 Å². The average Bonchev–Trinajstić information content (AvgIpc) is 2.23. The Kier molecular flexibility index (Phi) is 2.19. The van der Waals surface area contributed by atoms with Crippen molar-refractivity contribution in [3.8, 4) is 0 Å². The Labute approximate surface area is 87.1 Å². The van der Waals surface area contributed by atoms with Gasteiger partial charge in [-0.05, 0) is 12.5 Å². The Morgan fingerprint density at radius 2 is 2.13 bits per heavy atom. The first-order valence-electron chi connectivity index (χ1n) is 4.66. The van der Waals surface area contributed by atoms with Crippen molar-refractivity contribution in [2.24, 2.45) is 0 Å². The Balaban J connectivity index is 2.89. The molecule has 0 atom stereocenters. The van der Waals surface area contributed by atoms with E-state index in [0.717, 1.165) is 5.69 Å². The number of hydrogen-bond donors (Lipinski definition) is 2. The zero-order chi connectivity index (χ0) is 11.0. The van der Waals surface area contributed by atoms with Gasteiger partial charge in [0.05, 0.1) is 17.6 Å². The van der Waals surface area contributed by atoms with Gasteiger partial charge in [0.15, 0.2) is 5.82 Å². The van der Waals surface area contributed by atoms with Gasteiger partial charge in [-0.15, -0.1) is 0 Å². The average molecular weight is 205 g/mol. The van der Waals surface area contributed by atoms with Crippen molar-refractivity contribution in [2.45, 2.75) is 6.92 Å². The lowest BCUT2D eigenvalue weighted by Crippen LogP contribution is -1.99. The van der Waals surface area contributed by atoms with E-state index in [1.165, 1.54) is 6.20 Å². The summed E-state index contributed by atoms with van der Waals surface area (Å²) in [4.78, 5) is 4.01. The summed E-state index contributed by atoms with van der Waals surface area (Å²) >= 11 is 0. The van der Waals surface area contributed by atoms with Gasteiger partial charge in [0.2, 0.25) is 0 Å². The fourth-order valence-electron chi connectivity index (χ4n) is 1.63. The minimum atomic E-state index is -0.288. The Morgan fingerprint density at radius 3 is 2.80 bits per heavy atom. The molecule has 1 aromatic carbocycles. The number of halogens is 1. The van der Waals surface area contributed by atoms with Gasteiger partial charge >= 0.3 is 0 Å². The van der Waals surface area contributed by atoms with E-state index in [9.17, 15) is 4.39 Å². The molecule has 78 valence electrons. The summed E-state index contributed by atoms with van der Waals surface area (Å²) in [6, 6.07) is 3.54. The molecule has 0 spiro atoms. The van der Waals surface area contributed by atoms with Crippen LogP contribution < -0.4 is 11.1 Å². The first-order valence-corrected chi connectivity index (χ1v) is 4.66. The number of nitrogen functional groups attached to an aromatic ring is 1. The number of aryl methyl sites for hydroxylation is 1. The summed E-state index contributed by atoms with van der Waals surface area (Å²) in [6.07, 6.45) is 1.47. The Bertz CT molecular complexity index is 523. The molecule has 2 aromatic rings. The van der Waals surface area contributed by atoms with E-state index < -0.39 is 0 Å². The summed E-state index contributed by atoms with van der Waals surface area (Å²) < 4.78 is 13.7. The van der Waals surface area contributed by atoms with Crippen LogP contribution in [0.4, 0.5) is 15.8 Å². The molecular formula is C11H12FN3. The van der Waals surface area contributed by atoms with Gasteiger partial charge in [0.25, 0.3) is 0 Å². The smallest absolute Gasteiger partial charge is 0.152 e. The van der Waals surface area contributed by atoms with Gasteiger partial charge in [-0.25, -0.2) is 4.39 Å². The number of anilines is 2. The van der Waals surface area contributed by atoms with Gasteiger partial charge < -0.3 is 11.1 Å². The van der Waals surface area contributed by atoms with Crippen molar-refractivity contribution in [2.75, 3.05) is 18.1 Å². The fraction of sp³-hybridized carbons (Fsp3) is 0.182. The van der Waals surface area contributed by atoms with E-state index >= 15 is 0 Å².